The maximum atomic E-state index is 12.6. The van der Waals surface area contributed by atoms with Crippen molar-refractivity contribution >= 4 is 13.5 Å². The van der Waals surface area contributed by atoms with Gasteiger partial charge in [0.2, 0.25) is 5.91 Å². The lowest BCUT2D eigenvalue weighted by Gasteiger charge is -2.19. The van der Waals surface area contributed by atoms with Gasteiger partial charge < -0.3 is 15.1 Å². The van der Waals surface area contributed by atoms with Gasteiger partial charge in [0.25, 0.3) is 0 Å². The van der Waals surface area contributed by atoms with Crippen LogP contribution in [0.1, 0.15) is 12.5 Å². The van der Waals surface area contributed by atoms with E-state index in [4.69, 9.17) is 9.79 Å². The van der Waals surface area contributed by atoms with E-state index < -0.39 is 25.1 Å². The molecule has 1 aromatic rings. The molecular formula is C10H13FNO4P. The van der Waals surface area contributed by atoms with Crippen LogP contribution in [0.15, 0.2) is 24.3 Å². The summed E-state index contributed by atoms with van der Waals surface area (Å²) in [5.41, 5.74) is 0.536. The lowest BCUT2D eigenvalue weighted by Crippen LogP contribution is -2.34. The van der Waals surface area contributed by atoms with Crippen molar-refractivity contribution in [1.29, 1.82) is 0 Å². The molecule has 0 aliphatic heterocycles. The zero-order valence-corrected chi connectivity index (χ0v) is 10.0. The minimum absolute atomic E-state index is 0.0515. The van der Waals surface area contributed by atoms with Crippen molar-refractivity contribution < 1.29 is 23.5 Å². The quantitative estimate of drug-likeness (QED) is 0.706. The average Bonchev–Trinajstić information content (AvgIpc) is 2.18. The van der Waals surface area contributed by atoms with Gasteiger partial charge in [0, 0.05) is 13.3 Å². The third-order valence-corrected chi connectivity index (χ3v) is 3.24. The lowest BCUT2D eigenvalue weighted by atomic mass is 10.1. The summed E-state index contributed by atoms with van der Waals surface area (Å²) in [5.74, 6) is -2.24. The zero-order valence-electron chi connectivity index (χ0n) is 9.13. The highest BCUT2D eigenvalue weighted by Crippen LogP contribution is 2.41. The standard InChI is InChI=1S/C10H13FNO4P/c1-7(13)12-10(17(14,15)16)6-8-2-4-9(11)5-3-8/h2-5,10H,6H2,1H3,(H,12,13)(H2,14,15,16)/t10-/m1/s1. The number of hydrogen-bond donors (Lipinski definition) is 3. The molecule has 1 aromatic carbocycles. The number of halogens is 1. The van der Waals surface area contributed by atoms with Crippen molar-refractivity contribution in [1.82, 2.24) is 5.32 Å². The smallest absolute Gasteiger partial charge is 0.342 e. The van der Waals surface area contributed by atoms with Gasteiger partial charge in [-0.15, -0.1) is 0 Å². The number of rotatable bonds is 4. The van der Waals surface area contributed by atoms with E-state index in [2.05, 4.69) is 5.32 Å². The van der Waals surface area contributed by atoms with Gasteiger partial charge in [-0.25, -0.2) is 4.39 Å². The van der Waals surface area contributed by atoms with Gasteiger partial charge in [-0.3, -0.25) is 9.36 Å². The number of nitrogens with one attached hydrogen (secondary N) is 1. The van der Waals surface area contributed by atoms with Crippen LogP contribution in [-0.4, -0.2) is 21.5 Å². The van der Waals surface area contributed by atoms with Crippen molar-refractivity contribution in [2.75, 3.05) is 0 Å². The molecule has 1 amide bonds. The van der Waals surface area contributed by atoms with Gasteiger partial charge in [-0.1, -0.05) is 12.1 Å². The molecule has 7 heteroatoms. The fourth-order valence-electron chi connectivity index (χ4n) is 1.33. The highest BCUT2D eigenvalue weighted by Gasteiger charge is 2.29. The lowest BCUT2D eigenvalue weighted by molar-refractivity contribution is -0.119. The molecule has 0 radical (unpaired) electrons. The molecule has 0 unspecified atom stereocenters. The second-order valence-corrected chi connectivity index (χ2v) is 5.44. The first-order valence-electron chi connectivity index (χ1n) is 4.86. The maximum absolute atomic E-state index is 12.6. The SMILES string of the molecule is CC(=O)N[C@@H](Cc1ccc(F)cc1)P(=O)(O)O. The van der Waals surface area contributed by atoms with E-state index in [-0.39, 0.29) is 6.42 Å². The third-order valence-electron chi connectivity index (χ3n) is 2.12. The van der Waals surface area contributed by atoms with Crippen molar-refractivity contribution in [2.24, 2.45) is 0 Å². The van der Waals surface area contributed by atoms with Crippen LogP contribution in [0.4, 0.5) is 4.39 Å². The van der Waals surface area contributed by atoms with Gasteiger partial charge in [0.1, 0.15) is 11.6 Å². The van der Waals surface area contributed by atoms with Crippen LogP contribution in [0.5, 0.6) is 0 Å². The molecule has 3 N–H and O–H groups in total. The molecule has 0 aliphatic carbocycles. The maximum Gasteiger partial charge on any atom is 0.347 e. The third kappa shape index (κ3) is 4.65. The molecule has 0 spiro atoms. The Balaban J connectivity index is 2.83. The zero-order chi connectivity index (χ0) is 13.1. The van der Waals surface area contributed by atoms with Crippen molar-refractivity contribution in [2.45, 2.75) is 19.1 Å². The monoisotopic (exact) mass is 261 g/mol. The second kappa shape index (κ2) is 5.40. The topological polar surface area (TPSA) is 86.6 Å². The molecule has 0 saturated heterocycles. The molecule has 94 valence electrons. The summed E-state index contributed by atoms with van der Waals surface area (Å²) < 4.78 is 23.8. The summed E-state index contributed by atoms with van der Waals surface area (Å²) in [4.78, 5) is 29.0. The summed E-state index contributed by atoms with van der Waals surface area (Å²) in [7, 11) is -4.43. The van der Waals surface area contributed by atoms with E-state index >= 15 is 0 Å². The van der Waals surface area contributed by atoms with Crippen LogP contribution >= 0.6 is 7.60 Å². The van der Waals surface area contributed by atoms with Gasteiger partial charge in [-0.2, -0.15) is 0 Å². The molecule has 5 nitrogen and oxygen atoms in total. The Morgan fingerprint density at radius 1 is 1.41 bits per heavy atom. The van der Waals surface area contributed by atoms with Crippen LogP contribution in [0.25, 0.3) is 0 Å². The number of carbonyl (C=O) groups is 1. The van der Waals surface area contributed by atoms with Crippen molar-refractivity contribution in [3.05, 3.63) is 35.6 Å². The summed E-state index contributed by atoms with van der Waals surface area (Å²) in [6.07, 6.45) is -0.0515. The van der Waals surface area contributed by atoms with Crippen LogP contribution < -0.4 is 5.32 Å². The highest BCUT2D eigenvalue weighted by molar-refractivity contribution is 7.52. The first-order valence-corrected chi connectivity index (χ1v) is 6.54. The molecule has 0 bridgehead atoms. The number of amides is 1. The minimum Gasteiger partial charge on any atom is -0.342 e. The van der Waals surface area contributed by atoms with Crippen LogP contribution in [0.3, 0.4) is 0 Å². The van der Waals surface area contributed by atoms with E-state index in [1.54, 1.807) is 0 Å². The highest BCUT2D eigenvalue weighted by atomic mass is 31.2. The summed E-state index contributed by atoms with van der Waals surface area (Å²) in [6, 6.07) is 5.22. The number of benzene rings is 1. The molecule has 0 saturated carbocycles. The molecule has 17 heavy (non-hydrogen) atoms. The van der Waals surface area contributed by atoms with E-state index in [1.165, 1.54) is 31.2 Å². The van der Waals surface area contributed by atoms with E-state index in [0.29, 0.717) is 5.56 Å². The van der Waals surface area contributed by atoms with Gasteiger partial charge in [0.05, 0.1) is 0 Å². The fourth-order valence-corrected chi connectivity index (χ4v) is 2.13. The first kappa shape index (κ1) is 13.8. The van der Waals surface area contributed by atoms with Gasteiger partial charge >= 0.3 is 7.60 Å². The molecular weight excluding hydrogens is 248 g/mol. The van der Waals surface area contributed by atoms with Gasteiger partial charge in [-0.05, 0) is 17.7 Å². The normalized spacial score (nSPS) is 13.2. The van der Waals surface area contributed by atoms with Gasteiger partial charge in [0.15, 0.2) is 0 Å². The van der Waals surface area contributed by atoms with E-state index in [0.717, 1.165) is 0 Å². The predicted octanol–water partition coefficient (Wildman–Crippen LogP) is 1.01. The summed E-state index contributed by atoms with van der Waals surface area (Å²) >= 11 is 0. The molecule has 1 atom stereocenters. The van der Waals surface area contributed by atoms with Crippen molar-refractivity contribution in [3.63, 3.8) is 0 Å². The molecule has 0 heterocycles. The van der Waals surface area contributed by atoms with Crippen molar-refractivity contribution in [3.8, 4) is 0 Å². The molecule has 0 aliphatic rings. The molecule has 0 fully saturated rings. The Morgan fingerprint density at radius 3 is 2.35 bits per heavy atom. The Kier molecular flexibility index (Phi) is 4.40. The Bertz CT molecular complexity index is 442. The van der Waals surface area contributed by atoms with E-state index in [1.807, 2.05) is 0 Å². The summed E-state index contributed by atoms with van der Waals surface area (Å²) in [5, 5.41) is 2.19. The van der Waals surface area contributed by atoms with Crippen LogP contribution in [0, 0.1) is 5.82 Å². The fraction of sp³-hybridized carbons (Fsp3) is 0.300. The summed E-state index contributed by atoms with van der Waals surface area (Å²) in [6.45, 7) is 1.17. The average molecular weight is 261 g/mol. The van der Waals surface area contributed by atoms with E-state index in [9.17, 15) is 13.8 Å². The number of carbonyl (C=O) groups excluding carboxylic acids is 1. The molecule has 0 aromatic heterocycles. The minimum atomic E-state index is -4.43. The van der Waals surface area contributed by atoms with Crippen LogP contribution in [0.2, 0.25) is 0 Å². The Morgan fingerprint density at radius 2 is 1.94 bits per heavy atom. The Labute approximate surface area is 97.8 Å². The second-order valence-electron chi connectivity index (χ2n) is 3.64. The first-order chi connectivity index (χ1) is 7.79. The molecule has 1 rings (SSSR count). The number of hydrogen-bond acceptors (Lipinski definition) is 2. The Hall–Kier alpha value is -1.23. The largest absolute Gasteiger partial charge is 0.347 e. The van der Waals surface area contributed by atoms with Crippen LogP contribution in [-0.2, 0) is 15.8 Å². The predicted molar refractivity (Wildman–Crippen MR) is 59.8 cm³/mol.